The van der Waals surface area contributed by atoms with E-state index in [-0.39, 0.29) is 18.2 Å². The van der Waals surface area contributed by atoms with Crippen LogP contribution in [0, 0.1) is 0 Å². The normalized spacial score (nSPS) is 11.4. The molecule has 0 aliphatic carbocycles. The van der Waals surface area contributed by atoms with Crippen LogP contribution in [0.5, 0.6) is 5.75 Å². The number of aromatic hydroxyl groups is 1. The Morgan fingerprint density at radius 1 is 1.60 bits per heavy atom. The van der Waals surface area contributed by atoms with Crippen molar-refractivity contribution >= 4 is 34.3 Å². The van der Waals surface area contributed by atoms with Crippen molar-refractivity contribution in [2.45, 2.75) is 6.04 Å². The van der Waals surface area contributed by atoms with Gasteiger partial charge in [-0.25, -0.2) is 0 Å². The predicted molar refractivity (Wildman–Crippen MR) is 62.0 cm³/mol. The quantitative estimate of drug-likeness (QED) is 0.816. The van der Waals surface area contributed by atoms with Crippen LogP contribution in [0.1, 0.15) is 11.6 Å². The first kappa shape index (κ1) is 14.2. The zero-order valence-electron chi connectivity index (χ0n) is 7.94. The van der Waals surface area contributed by atoms with Crippen molar-refractivity contribution < 1.29 is 14.6 Å². The molecule has 6 heteroatoms. The van der Waals surface area contributed by atoms with Gasteiger partial charge in [-0.2, -0.15) is 0 Å². The number of phenols is 1. The minimum Gasteiger partial charge on any atom is -0.506 e. The van der Waals surface area contributed by atoms with E-state index < -0.39 is 12.0 Å². The number of esters is 1. The van der Waals surface area contributed by atoms with E-state index in [9.17, 15) is 9.90 Å². The molecule has 0 radical (unpaired) electrons. The molecule has 3 N–H and O–H groups in total. The van der Waals surface area contributed by atoms with Crippen LogP contribution in [0.25, 0.3) is 0 Å². The maximum atomic E-state index is 11.1. The largest absolute Gasteiger partial charge is 0.506 e. The number of rotatable bonds is 2. The first-order valence-corrected chi connectivity index (χ1v) is 4.68. The summed E-state index contributed by atoms with van der Waals surface area (Å²) >= 11 is 3.13. The zero-order chi connectivity index (χ0) is 10.7. The average molecular weight is 297 g/mol. The molecule has 1 atom stereocenters. The average Bonchev–Trinajstić information content (AvgIpc) is 2.20. The monoisotopic (exact) mass is 295 g/mol. The Kier molecular flexibility index (Phi) is 5.64. The van der Waals surface area contributed by atoms with Crippen molar-refractivity contribution in [2.24, 2.45) is 5.73 Å². The number of carbonyl (C=O) groups is 1. The second-order valence-corrected chi connectivity index (χ2v) is 3.53. The Morgan fingerprint density at radius 2 is 2.20 bits per heavy atom. The molecule has 0 saturated heterocycles. The summed E-state index contributed by atoms with van der Waals surface area (Å²) in [7, 11) is 1.25. The third-order valence-electron chi connectivity index (χ3n) is 1.81. The molecule has 0 unspecified atom stereocenters. The molecule has 0 fully saturated rings. The second kappa shape index (κ2) is 5.95. The lowest BCUT2D eigenvalue weighted by Crippen LogP contribution is -2.22. The van der Waals surface area contributed by atoms with Crippen LogP contribution in [-0.4, -0.2) is 18.2 Å². The number of nitrogens with two attached hydrogens (primary N) is 1. The summed E-state index contributed by atoms with van der Waals surface area (Å²) in [6, 6.07) is 3.95. The fraction of sp³-hybridized carbons (Fsp3) is 0.222. The molecule has 0 spiro atoms. The van der Waals surface area contributed by atoms with Crippen molar-refractivity contribution in [1.82, 2.24) is 0 Å². The van der Waals surface area contributed by atoms with Gasteiger partial charge in [0, 0.05) is 5.56 Å². The van der Waals surface area contributed by atoms with E-state index in [0.29, 0.717) is 10.0 Å². The van der Waals surface area contributed by atoms with Crippen molar-refractivity contribution in [3.05, 3.63) is 28.2 Å². The van der Waals surface area contributed by atoms with Gasteiger partial charge in [-0.3, -0.25) is 4.79 Å². The summed E-state index contributed by atoms with van der Waals surface area (Å²) in [5, 5.41) is 9.58. The number of carbonyl (C=O) groups excluding carboxylic acids is 1. The molecule has 0 aliphatic rings. The Bertz CT molecular complexity index is 359. The number of ether oxygens (including phenoxy) is 1. The van der Waals surface area contributed by atoms with E-state index in [4.69, 9.17) is 5.73 Å². The number of phenolic OH excluding ortho intramolecular Hbond substituents is 1. The Morgan fingerprint density at radius 3 is 2.73 bits per heavy atom. The standard InChI is InChI=1S/C9H10BrNO3.ClH/c1-14-9(13)7(11)5-3-2-4-6(10)8(5)12;/h2-4,7,12H,11H2,1H3;1H/t7-;/m1./s1. The van der Waals surface area contributed by atoms with Gasteiger partial charge in [0.25, 0.3) is 0 Å². The fourth-order valence-corrected chi connectivity index (χ4v) is 1.42. The summed E-state index contributed by atoms with van der Waals surface area (Å²) in [6.45, 7) is 0. The van der Waals surface area contributed by atoms with E-state index in [1.807, 2.05) is 0 Å². The second-order valence-electron chi connectivity index (χ2n) is 2.68. The lowest BCUT2D eigenvalue weighted by atomic mass is 10.1. The number of methoxy groups -OCH3 is 1. The molecule has 0 bridgehead atoms. The topological polar surface area (TPSA) is 72.5 Å². The van der Waals surface area contributed by atoms with Gasteiger partial charge in [0.1, 0.15) is 11.8 Å². The number of halogens is 2. The highest BCUT2D eigenvalue weighted by Gasteiger charge is 2.20. The van der Waals surface area contributed by atoms with Gasteiger partial charge in [0.05, 0.1) is 11.6 Å². The number of para-hydroxylation sites is 1. The molecular weight excluding hydrogens is 285 g/mol. The molecule has 0 aromatic heterocycles. The van der Waals surface area contributed by atoms with Gasteiger partial charge in [-0.1, -0.05) is 12.1 Å². The summed E-state index contributed by atoms with van der Waals surface area (Å²) < 4.78 is 4.97. The van der Waals surface area contributed by atoms with Crippen LogP contribution in [-0.2, 0) is 9.53 Å². The SMILES string of the molecule is COC(=O)[C@H](N)c1cccc(Br)c1O.Cl. The van der Waals surface area contributed by atoms with Gasteiger partial charge in [-0.15, -0.1) is 12.4 Å². The first-order valence-electron chi connectivity index (χ1n) is 3.88. The third-order valence-corrected chi connectivity index (χ3v) is 2.45. The molecule has 15 heavy (non-hydrogen) atoms. The van der Waals surface area contributed by atoms with Crippen LogP contribution in [0.2, 0.25) is 0 Å². The van der Waals surface area contributed by atoms with Crippen LogP contribution in [0.15, 0.2) is 22.7 Å². The Hall–Kier alpha value is -0.780. The van der Waals surface area contributed by atoms with E-state index in [2.05, 4.69) is 20.7 Å². The molecule has 0 aliphatic heterocycles. The molecule has 1 aromatic rings. The van der Waals surface area contributed by atoms with Crippen molar-refractivity contribution in [3.8, 4) is 5.75 Å². The maximum Gasteiger partial charge on any atom is 0.327 e. The van der Waals surface area contributed by atoms with E-state index in [1.165, 1.54) is 7.11 Å². The van der Waals surface area contributed by atoms with Crippen LogP contribution >= 0.6 is 28.3 Å². The smallest absolute Gasteiger partial charge is 0.327 e. The Balaban J connectivity index is 0.00000196. The Labute approximate surface area is 102 Å². The summed E-state index contributed by atoms with van der Waals surface area (Å²) in [6.07, 6.45) is 0. The van der Waals surface area contributed by atoms with Gasteiger partial charge < -0.3 is 15.6 Å². The number of hydrogen-bond acceptors (Lipinski definition) is 4. The fourth-order valence-electron chi connectivity index (χ4n) is 1.04. The highest BCUT2D eigenvalue weighted by atomic mass is 79.9. The van der Waals surface area contributed by atoms with Crippen LogP contribution in [0.3, 0.4) is 0 Å². The van der Waals surface area contributed by atoms with Crippen LogP contribution < -0.4 is 5.73 Å². The van der Waals surface area contributed by atoms with Crippen molar-refractivity contribution in [2.75, 3.05) is 7.11 Å². The first-order chi connectivity index (χ1) is 6.57. The van der Waals surface area contributed by atoms with E-state index >= 15 is 0 Å². The molecule has 0 heterocycles. The van der Waals surface area contributed by atoms with Gasteiger partial charge in [-0.05, 0) is 22.0 Å². The maximum absolute atomic E-state index is 11.1. The summed E-state index contributed by atoms with van der Waals surface area (Å²) in [4.78, 5) is 11.1. The van der Waals surface area contributed by atoms with Crippen molar-refractivity contribution in [3.63, 3.8) is 0 Å². The van der Waals surface area contributed by atoms with Crippen molar-refractivity contribution in [1.29, 1.82) is 0 Å². The molecule has 1 rings (SSSR count). The lowest BCUT2D eigenvalue weighted by molar-refractivity contribution is -0.142. The molecule has 1 aromatic carbocycles. The predicted octanol–water partition coefficient (Wildman–Crippen LogP) is 1.75. The van der Waals surface area contributed by atoms with Gasteiger partial charge in [0.15, 0.2) is 0 Å². The molecule has 4 nitrogen and oxygen atoms in total. The van der Waals surface area contributed by atoms with Gasteiger partial charge >= 0.3 is 5.97 Å². The molecular formula is C9H11BrClNO3. The lowest BCUT2D eigenvalue weighted by Gasteiger charge is -2.11. The molecule has 0 amide bonds. The van der Waals surface area contributed by atoms with E-state index in [1.54, 1.807) is 18.2 Å². The zero-order valence-corrected chi connectivity index (χ0v) is 10.3. The number of hydrogen-bond donors (Lipinski definition) is 2. The number of benzene rings is 1. The minimum atomic E-state index is -0.961. The molecule has 84 valence electrons. The highest BCUT2D eigenvalue weighted by Crippen LogP contribution is 2.31. The van der Waals surface area contributed by atoms with E-state index in [0.717, 1.165) is 0 Å². The summed E-state index contributed by atoms with van der Waals surface area (Å²) in [5.74, 6) is -0.621. The molecule has 0 saturated carbocycles. The highest BCUT2D eigenvalue weighted by molar-refractivity contribution is 9.10. The third kappa shape index (κ3) is 3.09. The summed E-state index contributed by atoms with van der Waals surface area (Å²) in [5.41, 5.74) is 5.90. The van der Waals surface area contributed by atoms with Crippen LogP contribution in [0.4, 0.5) is 0 Å². The minimum absolute atomic E-state index is 0. The van der Waals surface area contributed by atoms with Gasteiger partial charge in [0.2, 0.25) is 0 Å².